The first-order valence-electron chi connectivity index (χ1n) is 8.31. The molecule has 26 heavy (non-hydrogen) atoms. The van der Waals surface area contributed by atoms with Crippen molar-refractivity contribution >= 4 is 27.7 Å². The van der Waals surface area contributed by atoms with E-state index >= 15 is 0 Å². The van der Waals surface area contributed by atoms with E-state index in [1.165, 1.54) is 17.0 Å². The molecule has 1 aromatic rings. The van der Waals surface area contributed by atoms with Crippen LogP contribution in [0.15, 0.2) is 23.1 Å². The molecule has 2 aliphatic heterocycles. The Hall–Kier alpha value is -2.30. The number of imide groups is 1. The van der Waals surface area contributed by atoms with E-state index in [9.17, 15) is 22.8 Å². The van der Waals surface area contributed by atoms with E-state index in [4.69, 9.17) is 5.73 Å². The Morgan fingerprint density at radius 3 is 2.73 bits per heavy atom. The van der Waals surface area contributed by atoms with Gasteiger partial charge in [-0.15, -0.1) is 0 Å². The molecule has 1 fully saturated rings. The van der Waals surface area contributed by atoms with Crippen LogP contribution >= 0.6 is 0 Å². The zero-order valence-corrected chi connectivity index (χ0v) is 14.8. The van der Waals surface area contributed by atoms with Crippen molar-refractivity contribution in [2.45, 2.75) is 36.7 Å². The van der Waals surface area contributed by atoms with E-state index < -0.39 is 27.9 Å². The third-order valence-electron chi connectivity index (χ3n) is 4.50. The number of nitrogens with zero attached hydrogens (tertiary/aromatic N) is 1. The Morgan fingerprint density at radius 1 is 1.27 bits per heavy atom. The molecule has 10 heteroatoms. The number of carbonyl (C=O) groups excluding carboxylic acids is 3. The maximum Gasteiger partial charge on any atom is 0.255 e. The Balaban J connectivity index is 1.88. The van der Waals surface area contributed by atoms with E-state index in [1.54, 1.807) is 6.07 Å². The molecular weight excluding hydrogens is 360 g/mol. The molecule has 2 aliphatic rings. The molecule has 0 spiro atoms. The molecule has 3 amide bonds. The molecule has 140 valence electrons. The number of amides is 3. The summed E-state index contributed by atoms with van der Waals surface area (Å²) in [5.74, 6) is -1.32. The van der Waals surface area contributed by atoms with Crippen LogP contribution < -0.4 is 15.8 Å². The van der Waals surface area contributed by atoms with Gasteiger partial charge in [-0.1, -0.05) is 6.07 Å². The smallest absolute Gasteiger partial charge is 0.255 e. The van der Waals surface area contributed by atoms with Crippen LogP contribution in [0.25, 0.3) is 0 Å². The van der Waals surface area contributed by atoms with Crippen LogP contribution in [0.1, 0.15) is 35.2 Å². The first-order chi connectivity index (χ1) is 12.3. The fourth-order valence-corrected chi connectivity index (χ4v) is 4.52. The van der Waals surface area contributed by atoms with Gasteiger partial charge in [-0.2, -0.15) is 0 Å². The van der Waals surface area contributed by atoms with Crippen LogP contribution in [-0.2, 0) is 26.2 Å². The molecule has 1 unspecified atom stereocenters. The van der Waals surface area contributed by atoms with Gasteiger partial charge in [0.25, 0.3) is 5.91 Å². The lowest BCUT2D eigenvalue weighted by Gasteiger charge is -2.29. The standard InChI is InChI=1S/C16H20N4O5S/c17-7-2-8-18-26(24,25)13-4-1-3-10-11(13)9-20(16(10)23)12-5-6-14(21)19-15(12)22/h1,3-4,12,18H,2,5-9,17H2,(H,19,21,22). The van der Waals surface area contributed by atoms with Crippen LogP contribution in [0.4, 0.5) is 0 Å². The Labute approximate surface area is 151 Å². The van der Waals surface area contributed by atoms with Crippen molar-refractivity contribution < 1.29 is 22.8 Å². The fraction of sp³-hybridized carbons (Fsp3) is 0.438. The van der Waals surface area contributed by atoms with Crippen molar-refractivity contribution in [1.29, 1.82) is 0 Å². The number of carbonyl (C=O) groups is 3. The van der Waals surface area contributed by atoms with E-state index in [2.05, 4.69) is 10.0 Å². The van der Waals surface area contributed by atoms with Gasteiger partial charge in [0.15, 0.2) is 0 Å². The second-order valence-corrected chi connectivity index (χ2v) is 7.96. The van der Waals surface area contributed by atoms with Crippen molar-refractivity contribution in [3.05, 3.63) is 29.3 Å². The summed E-state index contributed by atoms with van der Waals surface area (Å²) in [5, 5.41) is 2.22. The van der Waals surface area contributed by atoms with Gasteiger partial charge in [-0.3, -0.25) is 19.7 Å². The average molecular weight is 380 g/mol. The summed E-state index contributed by atoms with van der Waals surface area (Å²) in [6.07, 6.45) is 0.860. The minimum atomic E-state index is -3.80. The van der Waals surface area contributed by atoms with E-state index in [0.29, 0.717) is 18.5 Å². The van der Waals surface area contributed by atoms with E-state index in [-0.39, 0.29) is 42.3 Å². The topological polar surface area (TPSA) is 139 Å². The zero-order chi connectivity index (χ0) is 18.9. The lowest BCUT2D eigenvalue weighted by Crippen LogP contribution is -2.52. The minimum Gasteiger partial charge on any atom is -0.330 e. The van der Waals surface area contributed by atoms with Crippen LogP contribution in [0.2, 0.25) is 0 Å². The number of benzene rings is 1. The Morgan fingerprint density at radius 2 is 2.04 bits per heavy atom. The van der Waals surface area contributed by atoms with Crippen LogP contribution in [0.3, 0.4) is 0 Å². The Bertz CT molecular complexity index is 867. The van der Waals surface area contributed by atoms with E-state index in [0.717, 1.165) is 0 Å². The number of hydrogen-bond donors (Lipinski definition) is 3. The molecule has 1 aromatic carbocycles. The largest absolute Gasteiger partial charge is 0.330 e. The van der Waals surface area contributed by atoms with Crippen molar-refractivity contribution in [2.24, 2.45) is 5.73 Å². The molecule has 0 saturated carbocycles. The van der Waals surface area contributed by atoms with Gasteiger partial charge < -0.3 is 10.6 Å². The third-order valence-corrected chi connectivity index (χ3v) is 6.05. The molecular formula is C16H20N4O5S. The Kier molecular flexibility index (Phi) is 5.08. The quantitative estimate of drug-likeness (QED) is 0.431. The highest BCUT2D eigenvalue weighted by Crippen LogP contribution is 2.31. The number of nitrogens with two attached hydrogens (primary N) is 1. The molecule has 4 N–H and O–H groups in total. The number of fused-ring (bicyclic) bond motifs is 1. The summed E-state index contributed by atoms with van der Waals surface area (Å²) in [4.78, 5) is 37.4. The molecule has 1 atom stereocenters. The molecule has 9 nitrogen and oxygen atoms in total. The number of hydrogen-bond acceptors (Lipinski definition) is 6. The molecule has 0 aliphatic carbocycles. The number of sulfonamides is 1. The summed E-state index contributed by atoms with van der Waals surface area (Å²) < 4.78 is 27.6. The molecule has 0 radical (unpaired) electrons. The minimum absolute atomic E-state index is 0.00835. The lowest BCUT2D eigenvalue weighted by atomic mass is 10.0. The van der Waals surface area contributed by atoms with Gasteiger partial charge in [0.2, 0.25) is 21.8 Å². The summed E-state index contributed by atoms with van der Waals surface area (Å²) in [5.41, 5.74) is 6.00. The summed E-state index contributed by atoms with van der Waals surface area (Å²) in [6.45, 7) is 0.568. The highest BCUT2D eigenvalue weighted by Gasteiger charge is 2.40. The first kappa shape index (κ1) is 18.5. The van der Waals surface area contributed by atoms with Crippen LogP contribution in [-0.4, -0.2) is 50.2 Å². The third kappa shape index (κ3) is 3.35. The molecule has 2 heterocycles. The molecule has 0 bridgehead atoms. The van der Waals surface area contributed by atoms with Gasteiger partial charge in [0.1, 0.15) is 6.04 Å². The maximum atomic E-state index is 12.7. The molecule has 3 rings (SSSR count). The fourth-order valence-electron chi connectivity index (χ4n) is 3.20. The van der Waals surface area contributed by atoms with Crippen molar-refractivity contribution in [2.75, 3.05) is 13.1 Å². The SMILES string of the molecule is NCCCNS(=O)(=O)c1cccc2c1CN(C1CCC(=O)NC1=O)C2=O. The predicted octanol–water partition coefficient (Wildman–Crippen LogP) is -0.925. The predicted molar refractivity (Wildman–Crippen MR) is 91.3 cm³/mol. The second-order valence-electron chi connectivity index (χ2n) is 6.22. The summed E-state index contributed by atoms with van der Waals surface area (Å²) >= 11 is 0. The highest BCUT2D eigenvalue weighted by atomic mass is 32.2. The van der Waals surface area contributed by atoms with E-state index in [1.807, 2.05) is 0 Å². The zero-order valence-electron chi connectivity index (χ0n) is 14.0. The van der Waals surface area contributed by atoms with Crippen molar-refractivity contribution in [3.8, 4) is 0 Å². The number of piperidine rings is 1. The van der Waals surface area contributed by atoms with Gasteiger partial charge >= 0.3 is 0 Å². The normalized spacial score (nSPS) is 20.3. The van der Waals surface area contributed by atoms with Crippen LogP contribution in [0.5, 0.6) is 0 Å². The monoisotopic (exact) mass is 380 g/mol. The molecule has 0 aromatic heterocycles. The summed E-state index contributed by atoms with van der Waals surface area (Å²) in [7, 11) is -3.80. The lowest BCUT2D eigenvalue weighted by molar-refractivity contribution is -0.136. The van der Waals surface area contributed by atoms with Gasteiger partial charge in [-0.25, -0.2) is 13.1 Å². The molecule has 1 saturated heterocycles. The second kappa shape index (κ2) is 7.14. The summed E-state index contributed by atoms with van der Waals surface area (Å²) in [6, 6.07) is 3.70. The van der Waals surface area contributed by atoms with Crippen LogP contribution in [0, 0.1) is 0 Å². The number of rotatable bonds is 6. The van der Waals surface area contributed by atoms with Gasteiger partial charge in [-0.05, 0) is 31.5 Å². The van der Waals surface area contributed by atoms with Gasteiger partial charge in [0, 0.05) is 30.6 Å². The number of nitrogens with one attached hydrogen (secondary N) is 2. The first-order valence-corrected chi connectivity index (χ1v) is 9.79. The van der Waals surface area contributed by atoms with Crippen molar-refractivity contribution in [1.82, 2.24) is 14.9 Å². The maximum absolute atomic E-state index is 12.7. The van der Waals surface area contributed by atoms with Crippen molar-refractivity contribution in [3.63, 3.8) is 0 Å². The highest BCUT2D eigenvalue weighted by molar-refractivity contribution is 7.89. The van der Waals surface area contributed by atoms with Gasteiger partial charge in [0.05, 0.1) is 4.90 Å². The average Bonchev–Trinajstić information content (AvgIpc) is 2.92.